The summed E-state index contributed by atoms with van der Waals surface area (Å²) in [7, 11) is 0. The van der Waals surface area contributed by atoms with Gasteiger partial charge in [0, 0.05) is 23.6 Å². The van der Waals surface area contributed by atoms with Gasteiger partial charge in [0.05, 0.1) is 6.42 Å². The van der Waals surface area contributed by atoms with Crippen molar-refractivity contribution in [1.82, 2.24) is 9.97 Å². The second-order valence-corrected chi connectivity index (χ2v) is 5.76. The van der Waals surface area contributed by atoms with Crippen molar-refractivity contribution < 1.29 is 14.6 Å². The lowest BCUT2D eigenvalue weighted by Gasteiger charge is -2.36. The Kier molecular flexibility index (Phi) is 4.93. The van der Waals surface area contributed by atoms with Crippen LogP contribution in [0, 0.1) is 13.8 Å². The average molecular weight is 292 g/mol. The van der Waals surface area contributed by atoms with E-state index in [4.69, 9.17) is 9.84 Å². The standard InChI is InChI=1S/C16H24N2O3/c1-4-21-16(8-6-5-7-9-16)15-17-11(2)13(10-14(19)20)12(3)18-15/h4-10H2,1-3H3,(H,19,20). The molecule has 1 aliphatic carbocycles. The van der Waals surface area contributed by atoms with Crippen molar-refractivity contribution in [2.75, 3.05) is 6.61 Å². The summed E-state index contributed by atoms with van der Waals surface area (Å²) in [5, 5.41) is 8.99. The fraction of sp³-hybridized carbons (Fsp3) is 0.688. The Balaban J connectivity index is 2.40. The largest absolute Gasteiger partial charge is 0.481 e. The smallest absolute Gasteiger partial charge is 0.307 e. The van der Waals surface area contributed by atoms with Crippen LogP contribution in [-0.4, -0.2) is 27.7 Å². The molecular formula is C16H24N2O3. The minimum atomic E-state index is -0.852. The van der Waals surface area contributed by atoms with Crippen LogP contribution >= 0.6 is 0 Å². The molecule has 0 aromatic carbocycles. The molecule has 1 fully saturated rings. The Bertz CT molecular complexity index is 494. The fourth-order valence-electron chi connectivity index (χ4n) is 3.18. The first-order valence-corrected chi connectivity index (χ1v) is 7.69. The number of nitrogens with zero attached hydrogens (tertiary/aromatic N) is 2. The number of ether oxygens (including phenoxy) is 1. The van der Waals surface area contributed by atoms with Crippen LogP contribution in [0.2, 0.25) is 0 Å². The molecule has 0 unspecified atom stereocenters. The molecule has 1 aliphatic rings. The van der Waals surface area contributed by atoms with Crippen LogP contribution in [0.25, 0.3) is 0 Å². The van der Waals surface area contributed by atoms with E-state index in [0.29, 0.717) is 12.2 Å². The van der Waals surface area contributed by atoms with Gasteiger partial charge < -0.3 is 9.84 Å². The van der Waals surface area contributed by atoms with Crippen LogP contribution < -0.4 is 0 Å². The van der Waals surface area contributed by atoms with Crippen LogP contribution in [0.4, 0.5) is 0 Å². The van der Waals surface area contributed by atoms with Crippen LogP contribution in [0.3, 0.4) is 0 Å². The van der Waals surface area contributed by atoms with Gasteiger partial charge >= 0.3 is 5.97 Å². The molecule has 1 saturated carbocycles. The minimum Gasteiger partial charge on any atom is -0.481 e. The number of aliphatic carboxylic acids is 1. The number of rotatable bonds is 5. The van der Waals surface area contributed by atoms with E-state index in [1.54, 1.807) is 0 Å². The van der Waals surface area contributed by atoms with Crippen molar-refractivity contribution in [3.8, 4) is 0 Å². The first-order valence-electron chi connectivity index (χ1n) is 7.69. The molecular weight excluding hydrogens is 268 g/mol. The Morgan fingerprint density at radius 3 is 2.24 bits per heavy atom. The quantitative estimate of drug-likeness (QED) is 0.903. The van der Waals surface area contributed by atoms with E-state index in [2.05, 4.69) is 9.97 Å². The van der Waals surface area contributed by atoms with E-state index in [1.807, 2.05) is 20.8 Å². The summed E-state index contributed by atoms with van der Waals surface area (Å²) in [6.07, 6.45) is 5.33. The van der Waals surface area contributed by atoms with E-state index in [9.17, 15) is 4.79 Å². The third-order valence-electron chi connectivity index (χ3n) is 4.24. The van der Waals surface area contributed by atoms with Crippen molar-refractivity contribution in [2.45, 2.75) is 64.9 Å². The van der Waals surface area contributed by atoms with E-state index >= 15 is 0 Å². The van der Waals surface area contributed by atoms with E-state index in [0.717, 1.165) is 42.9 Å². The number of aromatic nitrogens is 2. The molecule has 0 aliphatic heterocycles. The maximum absolute atomic E-state index is 10.9. The summed E-state index contributed by atoms with van der Waals surface area (Å²) in [5.41, 5.74) is 1.84. The highest BCUT2D eigenvalue weighted by atomic mass is 16.5. The molecule has 0 amide bonds. The number of carboxylic acid groups (broad SMARTS) is 1. The summed E-state index contributed by atoms with van der Waals surface area (Å²) in [6, 6.07) is 0. The second-order valence-electron chi connectivity index (χ2n) is 5.76. The average Bonchev–Trinajstić information content (AvgIpc) is 2.44. The first-order chi connectivity index (χ1) is 9.98. The topological polar surface area (TPSA) is 72.3 Å². The van der Waals surface area contributed by atoms with Crippen molar-refractivity contribution in [3.63, 3.8) is 0 Å². The highest BCUT2D eigenvalue weighted by molar-refractivity contribution is 5.70. The van der Waals surface area contributed by atoms with Crippen LogP contribution in [0.1, 0.15) is 61.8 Å². The zero-order valence-corrected chi connectivity index (χ0v) is 13.1. The molecule has 0 saturated heterocycles. The lowest BCUT2D eigenvalue weighted by Crippen LogP contribution is -2.35. The molecule has 116 valence electrons. The van der Waals surface area contributed by atoms with E-state index in [-0.39, 0.29) is 12.0 Å². The molecule has 1 N–H and O–H groups in total. The Hall–Kier alpha value is -1.49. The summed E-state index contributed by atoms with van der Waals surface area (Å²) in [4.78, 5) is 20.1. The lowest BCUT2D eigenvalue weighted by molar-refractivity contribution is -0.136. The van der Waals surface area contributed by atoms with Crippen molar-refractivity contribution >= 4 is 5.97 Å². The molecule has 0 bridgehead atoms. The molecule has 1 aromatic rings. The van der Waals surface area contributed by atoms with Gasteiger partial charge in [0.15, 0.2) is 5.82 Å². The van der Waals surface area contributed by atoms with Gasteiger partial charge in [0.1, 0.15) is 5.60 Å². The van der Waals surface area contributed by atoms with Crippen molar-refractivity contribution in [3.05, 3.63) is 22.8 Å². The van der Waals surface area contributed by atoms with Crippen molar-refractivity contribution in [2.24, 2.45) is 0 Å². The molecule has 21 heavy (non-hydrogen) atoms. The molecule has 2 rings (SSSR count). The van der Waals surface area contributed by atoms with Gasteiger partial charge in [-0.3, -0.25) is 4.79 Å². The van der Waals surface area contributed by atoms with Crippen LogP contribution in [0.5, 0.6) is 0 Å². The van der Waals surface area contributed by atoms with Crippen molar-refractivity contribution in [1.29, 1.82) is 0 Å². The summed E-state index contributed by atoms with van der Waals surface area (Å²) < 4.78 is 6.05. The van der Waals surface area contributed by atoms with Gasteiger partial charge in [0.25, 0.3) is 0 Å². The number of hydrogen-bond donors (Lipinski definition) is 1. The van der Waals surface area contributed by atoms with Gasteiger partial charge in [-0.05, 0) is 33.6 Å². The summed E-state index contributed by atoms with van der Waals surface area (Å²) in [5.74, 6) is -0.122. The number of aryl methyl sites for hydroxylation is 2. The normalized spacial score (nSPS) is 17.7. The van der Waals surface area contributed by atoms with Gasteiger partial charge in [-0.2, -0.15) is 0 Å². The fourth-order valence-corrected chi connectivity index (χ4v) is 3.18. The predicted molar refractivity (Wildman–Crippen MR) is 79.2 cm³/mol. The van der Waals surface area contributed by atoms with Gasteiger partial charge in [-0.1, -0.05) is 19.3 Å². The third kappa shape index (κ3) is 3.40. The first kappa shape index (κ1) is 15.9. The Morgan fingerprint density at radius 1 is 1.19 bits per heavy atom. The monoisotopic (exact) mass is 292 g/mol. The lowest BCUT2D eigenvalue weighted by atomic mass is 9.83. The molecule has 0 spiro atoms. The van der Waals surface area contributed by atoms with Gasteiger partial charge in [-0.15, -0.1) is 0 Å². The van der Waals surface area contributed by atoms with Crippen LogP contribution in [0.15, 0.2) is 0 Å². The Labute approximate surface area is 125 Å². The number of hydrogen-bond acceptors (Lipinski definition) is 4. The van der Waals surface area contributed by atoms with E-state index < -0.39 is 5.97 Å². The highest BCUT2D eigenvalue weighted by Crippen LogP contribution is 2.39. The second kappa shape index (κ2) is 6.52. The molecule has 5 nitrogen and oxygen atoms in total. The maximum Gasteiger partial charge on any atom is 0.307 e. The zero-order chi connectivity index (χ0) is 15.5. The summed E-state index contributed by atoms with van der Waals surface area (Å²) >= 11 is 0. The molecule has 0 atom stereocenters. The van der Waals surface area contributed by atoms with E-state index in [1.165, 1.54) is 6.42 Å². The number of carboxylic acids is 1. The zero-order valence-electron chi connectivity index (χ0n) is 13.1. The Morgan fingerprint density at radius 2 is 1.76 bits per heavy atom. The predicted octanol–water partition coefficient (Wildman–Crippen LogP) is 2.92. The third-order valence-corrected chi connectivity index (χ3v) is 4.24. The maximum atomic E-state index is 10.9. The molecule has 0 radical (unpaired) electrons. The minimum absolute atomic E-state index is 0.0282. The number of carbonyl (C=O) groups is 1. The van der Waals surface area contributed by atoms with Gasteiger partial charge in [-0.25, -0.2) is 9.97 Å². The molecule has 5 heteroatoms. The van der Waals surface area contributed by atoms with Crippen LogP contribution in [-0.2, 0) is 21.6 Å². The highest BCUT2D eigenvalue weighted by Gasteiger charge is 2.38. The SMILES string of the molecule is CCOC1(c2nc(C)c(CC(=O)O)c(C)n2)CCCCC1. The molecule has 1 aromatic heterocycles. The summed E-state index contributed by atoms with van der Waals surface area (Å²) in [6.45, 7) is 6.35. The molecule has 1 heterocycles. The van der Waals surface area contributed by atoms with Gasteiger partial charge in [0.2, 0.25) is 0 Å².